The van der Waals surface area contributed by atoms with Crippen LogP contribution in [0.3, 0.4) is 0 Å². The molecule has 31 heavy (non-hydrogen) atoms. The van der Waals surface area contributed by atoms with Crippen molar-refractivity contribution >= 4 is 34.8 Å². The Balaban J connectivity index is 1.89. The third kappa shape index (κ3) is 5.47. The second kappa shape index (κ2) is 10.2. The molecule has 1 N–H and O–H groups in total. The molecule has 2 amide bonds. The van der Waals surface area contributed by atoms with Crippen LogP contribution < -0.4 is 10.2 Å². The van der Waals surface area contributed by atoms with Crippen molar-refractivity contribution in [3.63, 3.8) is 0 Å². The molecule has 1 heterocycles. The van der Waals surface area contributed by atoms with Crippen LogP contribution in [0.4, 0.5) is 11.4 Å². The molecule has 0 unspecified atom stereocenters. The number of hydrogen-bond acceptors (Lipinski definition) is 4. The van der Waals surface area contributed by atoms with E-state index in [0.29, 0.717) is 29.4 Å². The summed E-state index contributed by atoms with van der Waals surface area (Å²) in [5.74, 6) is -0.215. The molecule has 2 aromatic carbocycles. The summed E-state index contributed by atoms with van der Waals surface area (Å²) in [5.41, 5.74) is 2.98. The molecule has 0 atom stereocenters. The van der Waals surface area contributed by atoms with Gasteiger partial charge in [-0.1, -0.05) is 30.7 Å². The molecule has 6 nitrogen and oxygen atoms in total. The Morgan fingerprint density at radius 3 is 2.48 bits per heavy atom. The summed E-state index contributed by atoms with van der Waals surface area (Å²) in [5, 5.41) is 3.28. The van der Waals surface area contributed by atoms with E-state index in [1.165, 1.54) is 6.26 Å². The third-order valence-electron chi connectivity index (χ3n) is 4.81. The maximum Gasteiger partial charge on any atom is 0.291 e. The molecular formula is C24H26ClN3O3. The number of halogens is 1. The number of furan rings is 1. The minimum absolute atomic E-state index is 0.123. The standard InChI is InChI=1S/C24H26ClN3O3/c1-4-13-28(24(30)19-8-5-6-9-20(19)25)16-17-15-18(11-12-21(17)27(2)3)26-23(29)22-10-7-14-31-22/h5-12,14-15H,4,13,16H2,1-3H3,(H,26,29). The van der Waals surface area contributed by atoms with E-state index in [2.05, 4.69) is 5.32 Å². The van der Waals surface area contributed by atoms with Crippen LogP contribution in [0.25, 0.3) is 0 Å². The Labute approximate surface area is 187 Å². The third-order valence-corrected chi connectivity index (χ3v) is 5.14. The van der Waals surface area contributed by atoms with Crippen molar-refractivity contribution in [2.24, 2.45) is 0 Å². The van der Waals surface area contributed by atoms with Crippen molar-refractivity contribution in [1.29, 1.82) is 0 Å². The van der Waals surface area contributed by atoms with Crippen molar-refractivity contribution in [3.05, 3.63) is 82.8 Å². The van der Waals surface area contributed by atoms with Gasteiger partial charge < -0.3 is 19.5 Å². The zero-order valence-electron chi connectivity index (χ0n) is 17.9. The normalized spacial score (nSPS) is 10.6. The Bertz CT molecular complexity index is 1050. The van der Waals surface area contributed by atoms with E-state index in [-0.39, 0.29) is 17.6 Å². The second-order valence-electron chi connectivity index (χ2n) is 7.38. The van der Waals surface area contributed by atoms with Crippen molar-refractivity contribution in [1.82, 2.24) is 4.90 Å². The molecule has 0 aliphatic carbocycles. The highest BCUT2D eigenvalue weighted by atomic mass is 35.5. The molecule has 0 bridgehead atoms. The zero-order valence-corrected chi connectivity index (χ0v) is 18.6. The lowest BCUT2D eigenvalue weighted by atomic mass is 10.1. The summed E-state index contributed by atoms with van der Waals surface area (Å²) < 4.78 is 5.16. The molecule has 0 radical (unpaired) electrons. The van der Waals surface area contributed by atoms with E-state index in [1.807, 2.05) is 44.1 Å². The zero-order chi connectivity index (χ0) is 22.4. The van der Waals surface area contributed by atoms with Gasteiger partial charge in [-0.05, 0) is 54.4 Å². The van der Waals surface area contributed by atoms with Crippen LogP contribution in [0.5, 0.6) is 0 Å². The first-order valence-corrected chi connectivity index (χ1v) is 10.5. The summed E-state index contributed by atoms with van der Waals surface area (Å²) in [6.07, 6.45) is 2.26. The first-order chi connectivity index (χ1) is 14.9. The minimum atomic E-state index is -0.328. The topological polar surface area (TPSA) is 65.8 Å². The van der Waals surface area contributed by atoms with Crippen molar-refractivity contribution < 1.29 is 14.0 Å². The molecule has 3 aromatic rings. The first-order valence-electron chi connectivity index (χ1n) is 10.1. The molecule has 0 saturated heterocycles. The van der Waals surface area contributed by atoms with Gasteiger partial charge >= 0.3 is 0 Å². The summed E-state index contributed by atoms with van der Waals surface area (Å²) in [6, 6.07) is 16.0. The summed E-state index contributed by atoms with van der Waals surface area (Å²) in [6.45, 7) is 3.00. The Morgan fingerprint density at radius 1 is 1.06 bits per heavy atom. The van der Waals surface area contributed by atoms with Gasteiger partial charge in [0.2, 0.25) is 0 Å². The van der Waals surface area contributed by atoms with E-state index in [9.17, 15) is 9.59 Å². The van der Waals surface area contributed by atoms with Crippen molar-refractivity contribution in [3.8, 4) is 0 Å². The summed E-state index contributed by atoms with van der Waals surface area (Å²) in [7, 11) is 3.89. The highest BCUT2D eigenvalue weighted by molar-refractivity contribution is 6.33. The molecule has 0 aliphatic heterocycles. The SMILES string of the molecule is CCCN(Cc1cc(NC(=O)c2ccco2)ccc1N(C)C)C(=O)c1ccccc1Cl. The van der Waals surface area contributed by atoms with Crippen LogP contribution in [0.15, 0.2) is 65.3 Å². The van der Waals surface area contributed by atoms with Crippen LogP contribution in [0.1, 0.15) is 39.8 Å². The van der Waals surface area contributed by atoms with Crippen LogP contribution in [0, 0.1) is 0 Å². The monoisotopic (exact) mass is 439 g/mol. The molecule has 7 heteroatoms. The number of rotatable bonds is 8. The first kappa shape index (κ1) is 22.4. The maximum absolute atomic E-state index is 13.2. The lowest BCUT2D eigenvalue weighted by Crippen LogP contribution is -2.32. The lowest BCUT2D eigenvalue weighted by Gasteiger charge is -2.26. The van der Waals surface area contributed by atoms with E-state index < -0.39 is 0 Å². The van der Waals surface area contributed by atoms with Crippen LogP contribution in [0.2, 0.25) is 5.02 Å². The van der Waals surface area contributed by atoms with E-state index in [0.717, 1.165) is 17.7 Å². The summed E-state index contributed by atoms with van der Waals surface area (Å²) >= 11 is 6.27. The molecule has 0 spiro atoms. The fourth-order valence-corrected chi connectivity index (χ4v) is 3.58. The second-order valence-corrected chi connectivity index (χ2v) is 7.78. The Kier molecular flexibility index (Phi) is 7.36. The van der Waals surface area contributed by atoms with Gasteiger partial charge in [-0.15, -0.1) is 0 Å². The van der Waals surface area contributed by atoms with E-state index in [4.69, 9.17) is 16.0 Å². The van der Waals surface area contributed by atoms with E-state index >= 15 is 0 Å². The van der Waals surface area contributed by atoms with Gasteiger partial charge in [0.15, 0.2) is 5.76 Å². The molecule has 0 saturated carbocycles. The number of nitrogens with zero attached hydrogens (tertiary/aromatic N) is 2. The van der Waals surface area contributed by atoms with Gasteiger partial charge in [-0.25, -0.2) is 0 Å². The molecule has 0 aliphatic rings. The van der Waals surface area contributed by atoms with Gasteiger partial charge in [0.05, 0.1) is 16.8 Å². The number of anilines is 2. The Hall–Kier alpha value is -3.25. The average molecular weight is 440 g/mol. The number of carbonyl (C=O) groups is 2. The van der Waals surface area contributed by atoms with Gasteiger partial charge in [0, 0.05) is 38.6 Å². The van der Waals surface area contributed by atoms with Gasteiger partial charge in [-0.3, -0.25) is 9.59 Å². The molecule has 0 fully saturated rings. The minimum Gasteiger partial charge on any atom is -0.459 e. The molecule has 3 rings (SSSR count). The van der Waals surface area contributed by atoms with Crippen molar-refractivity contribution in [2.75, 3.05) is 30.9 Å². The van der Waals surface area contributed by atoms with Gasteiger partial charge in [0.1, 0.15) is 0 Å². The number of nitrogens with one attached hydrogen (secondary N) is 1. The average Bonchev–Trinajstić information content (AvgIpc) is 3.28. The number of hydrogen-bond donors (Lipinski definition) is 1. The maximum atomic E-state index is 13.2. The predicted molar refractivity (Wildman–Crippen MR) is 124 cm³/mol. The van der Waals surface area contributed by atoms with Crippen LogP contribution in [-0.2, 0) is 6.54 Å². The van der Waals surface area contributed by atoms with Crippen LogP contribution >= 0.6 is 11.6 Å². The van der Waals surface area contributed by atoms with Crippen LogP contribution in [-0.4, -0.2) is 37.4 Å². The van der Waals surface area contributed by atoms with Crippen molar-refractivity contribution in [2.45, 2.75) is 19.9 Å². The molecule has 162 valence electrons. The Morgan fingerprint density at radius 2 is 1.84 bits per heavy atom. The number of carbonyl (C=O) groups excluding carboxylic acids is 2. The fraction of sp³-hybridized carbons (Fsp3) is 0.250. The highest BCUT2D eigenvalue weighted by Crippen LogP contribution is 2.26. The largest absolute Gasteiger partial charge is 0.459 e. The predicted octanol–water partition coefficient (Wildman–Crippen LogP) is 5.30. The van der Waals surface area contributed by atoms with Gasteiger partial charge in [0.25, 0.3) is 11.8 Å². The summed E-state index contributed by atoms with van der Waals surface area (Å²) in [4.78, 5) is 29.3. The molecule has 1 aromatic heterocycles. The highest BCUT2D eigenvalue weighted by Gasteiger charge is 2.20. The van der Waals surface area contributed by atoms with E-state index in [1.54, 1.807) is 41.3 Å². The quantitative estimate of drug-likeness (QED) is 0.517. The smallest absolute Gasteiger partial charge is 0.291 e. The number of benzene rings is 2. The lowest BCUT2D eigenvalue weighted by molar-refractivity contribution is 0.0743. The van der Waals surface area contributed by atoms with Gasteiger partial charge in [-0.2, -0.15) is 0 Å². The molecular weight excluding hydrogens is 414 g/mol. The fourth-order valence-electron chi connectivity index (χ4n) is 3.36. The number of amides is 2.